The van der Waals surface area contributed by atoms with Crippen molar-refractivity contribution in [2.75, 3.05) is 11.5 Å². The Morgan fingerprint density at radius 1 is 1.33 bits per heavy atom. The highest BCUT2D eigenvalue weighted by Gasteiger charge is 2.48. The normalized spacial score (nSPS) is 34.5. The number of rotatable bonds is 1. The molecule has 1 N–H and O–H groups in total. The standard InChI is InChI=1S/C11H18N2O4S/c1-7-9(14)12-11(2,3)10(15)13(7)8-4-5-18(16,17)6-8/h7-8H,4-6H2,1-3H3,(H,12,14). The Balaban J connectivity index is 2.30. The predicted octanol–water partition coefficient (Wildman–Crippen LogP) is -0.701. The highest BCUT2D eigenvalue weighted by Crippen LogP contribution is 2.26. The Morgan fingerprint density at radius 2 is 1.94 bits per heavy atom. The Morgan fingerprint density at radius 3 is 2.44 bits per heavy atom. The third-order valence-corrected chi connectivity index (χ3v) is 5.35. The first-order valence-corrected chi connectivity index (χ1v) is 7.81. The number of hydrogen-bond donors (Lipinski definition) is 1. The van der Waals surface area contributed by atoms with E-state index in [0.29, 0.717) is 6.42 Å². The second-order valence-electron chi connectivity index (χ2n) is 5.56. The molecule has 2 aliphatic heterocycles. The third-order valence-electron chi connectivity index (χ3n) is 3.60. The van der Waals surface area contributed by atoms with Crippen LogP contribution in [0.5, 0.6) is 0 Å². The van der Waals surface area contributed by atoms with E-state index in [1.54, 1.807) is 20.8 Å². The van der Waals surface area contributed by atoms with E-state index in [0.717, 1.165) is 0 Å². The van der Waals surface area contributed by atoms with Gasteiger partial charge in [0.25, 0.3) is 0 Å². The highest BCUT2D eigenvalue weighted by atomic mass is 32.2. The highest BCUT2D eigenvalue weighted by molar-refractivity contribution is 7.91. The van der Waals surface area contributed by atoms with Gasteiger partial charge in [0.2, 0.25) is 11.8 Å². The lowest BCUT2D eigenvalue weighted by molar-refractivity contribution is -0.155. The molecule has 2 saturated heterocycles. The average Bonchev–Trinajstić information content (AvgIpc) is 2.56. The number of hydrogen-bond acceptors (Lipinski definition) is 4. The fourth-order valence-corrected chi connectivity index (χ4v) is 4.28. The third kappa shape index (κ3) is 2.11. The molecule has 0 aliphatic carbocycles. The fraction of sp³-hybridized carbons (Fsp3) is 0.818. The van der Waals surface area contributed by atoms with Gasteiger partial charge in [0.15, 0.2) is 9.84 Å². The van der Waals surface area contributed by atoms with E-state index in [-0.39, 0.29) is 29.4 Å². The monoisotopic (exact) mass is 274 g/mol. The van der Waals surface area contributed by atoms with Crippen LogP contribution in [-0.2, 0) is 19.4 Å². The van der Waals surface area contributed by atoms with Gasteiger partial charge in [-0.05, 0) is 27.2 Å². The van der Waals surface area contributed by atoms with Gasteiger partial charge in [-0.15, -0.1) is 0 Å². The minimum atomic E-state index is -3.07. The second-order valence-corrected chi connectivity index (χ2v) is 7.79. The summed E-state index contributed by atoms with van der Waals surface area (Å²) in [5.74, 6) is -0.386. The summed E-state index contributed by atoms with van der Waals surface area (Å²) in [6.07, 6.45) is 0.418. The maximum absolute atomic E-state index is 12.3. The number of amides is 2. The maximum atomic E-state index is 12.3. The first-order valence-electron chi connectivity index (χ1n) is 5.99. The Hall–Kier alpha value is -1.11. The van der Waals surface area contributed by atoms with E-state index >= 15 is 0 Å². The molecule has 2 aliphatic rings. The summed E-state index contributed by atoms with van der Waals surface area (Å²) in [5.41, 5.74) is -0.962. The van der Waals surface area contributed by atoms with Gasteiger partial charge in [0.05, 0.1) is 11.5 Å². The lowest BCUT2D eigenvalue weighted by Crippen LogP contribution is -2.69. The molecule has 0 bridgehead atoms. The van der Waals surface area contributed by atoms with Crippen molar-refractivity contribution in [2.24, 2.45) is 0 Å². The van der Waals surface area contributed by atoms with E-state index in [2.05, 4.69) is 5.32 Å². The van der Waals surface area contributed by atoms with Crippen LogP contribution in [0.2, 0.25) is 0 Å². The van der Waals surface area contributed by atoms with Gasteiger partial charge >= 0.3 is 0 Å². The van der Waals surface area contributed by atoms with Crippen LogP contribution in [0, 0.1) is 0 Å². The SMILES string of the molecule is CC1C(=O)NC(C)(C)C(=O)N1C1CCS(=O)(=O)C1. The van der Waals surface area contributed by atoms with Crippen LogP contribution in [0.1, 0.15) is 27.2 Å². The molecule has 0 aromatic heterocycles. The van der Waals surface area contributed by atoms with Gasteiger partial charge in [-0.2, -0.15) is 0 Å². The molecule has 0 aromatic carbocycles. The van der Waals surface area contributed by atoms with Crippen LogP contribution in [0.3, 0.4) is 0 Å². The molecule has 2 fully saturated rings. The number of nitrogens with zero attached hydrogens (tertiary/aromatic N) is 1. The molecule has 0 saturated carbocycles. The lowest BCUT2D eigenvalue weighted by atomic mass is 9.95. The van der Waals surface area contributed by atoms with Crippen LogP contribution in [0.15, 0.2) is 0 Å². The Labute approximate surface area is 107 Å². The predicted molar refractivity (Wildman–Crippen MR) is 65.6 cm³/mol. The fourth-order valence-electron chi connectivity index (χ4n) is 2.57. The number of sulfone groups is 1. The average molecular weight is 274 g/mol. The smallest absolute Gasteiger partial charge is 0.248 e. The zero-order chi connectivity index (χ0) is 13.7. The van der Waals surface area contributed by atoms with Gasteiger partial charge in [-0.1, -0.05) is 0 Å². The van der Waals surface area contributed by atoms with E-state index in [4.69, 9.17) is 0 Å². The Kier molecular flexibility index (Phi) is 2.92. The molecule has 102 valence electrons. The molecule has 0 aromatic rings. The summed E-state index contributed by atoms with van der Waals surface area (Å²) in [6, 6.07) is -0.980. The van der Waals surface area contributed by atoms with Gasteiger partial charge < -0.3 is 10.2 Å². The van der Waals surface area contributed by atoms with E-state index in [9.17, 15) is 18.0 Å². The van der Waals surface area contributed by atoms with Crippen LogP contribution in [0.4, 0.5) is 0 Å². The summed E-state index contributed by atoms with van der Waals surface area (Å²) < 4.78 is 23.0. The van der Waals surface area contributed by atoms with Crippen molar-refractivity contribution < 1.29 is 18.0 Å². The first-order chi connectivity index (χ1) is 8.14. The Bertz CT molecular complexity index is 497. The molecular formula is C11H18N2O4S. The number of carbonyl (C=O) groups is 2. The topological polar surface area (TPSA) is 83.6 Å². The van der Waals surface area contributed by atoms with Gasteiger partial charge in [0, 0.05) is 6.04 Å². The van der Waals surface area contributed by atoms with Crippen molar-refractivity contribution >= 4 is 21.7 Å². The minimum absolute atomic E-state index is 0.0353. The molecule has 7 heteroatoms. The van der Waals surface area contributed by atoms with E-state index in [1.807, 2.05) is 0 Å². The minimum Gasteiger partial charge on any atom is -0.340 e. The summed E-state index contributed by atoms with van der Waals surface area (Å²) in [6.45, 7) is 4.90. The van der Waals surface area contributed by atoms with Crippen LogP contribution in [0.25, 0.3) is 0 Å². The molecule has 2 rings (SSSR count). The largest absolute Gasteiger partial charge is 0.340 e. The van der Waals surface area contributed by atoms with Gasteiger partial charge in [-0.3, -0.25) is 9.59 Å². The zero-order valence-corrected chi connectivity index (χ0v) is 11.6. The molecular weight excluding hydrogens is 256 g/mol. The molecule has 6 nitrogen and oxygen atoms in total. The maximum Gasteiger partial charge on any atom is 0.248 e. The van der Waals surface area contributed by atoms with Crippen molar-refractivity contribution in [1.29, 1.82) is 0 Å². The van der Waals surface area contributed by atoms with E-state index < -0.39 is 21.4 Å². The van der Waals surface area contributed by atoms with Gasteiger partial charge in [0.1, 0.15) is 11.6 Å². The summed E-state index contributed by atoms with van der Waals surface area (Å²) >= 11 is 0. The van der Waals surface area contributed by atoms with Crippen LogP contribution in [-0.4, -0.2) is 54.3 Å². The number of nitrogens with one attached hydrogen (secondary N) is 1. The number of carbonyl (C=O) groups excluding carboxylic acids is 2. The van der Waals surface area contributed by atoms with E-state index in [1.165, 1.54) is 4.90 Å². The summed E-state index contributed by atoms with van der Waals surface area (Å²) in [7, 11) is -3.07. The summed E-state index contributed by atoms with van der Waals surface area (Å²) in [4.78, 5) is 25.6. The number of piperazine rings is 1. The molecule has 2 unspecified atom stereocenters. The molecule has 2 amide bonds. The van der Waals surface area contributed by atoms with Crippen molar-refractivity contribution in [1.82, 2.24) is 10.2 Å². The lowest BCUT2D eigenvalue weighted by Gasteiger charge is -2.44. The first kappa shape index (κ1) is 13.3. The second kappa shape index (κ2) is 3.94. The van der Waals surface area contributed by atoms with Crippen molar-refractivity contribution in [2.45, 2.75) is 44.8 Å². The molecule has 0 spiro atoms. The zero-order valence-electron chi connectivity index (χ0n) is 10.8. The summed E-state index contributed by atoms with van der Waals surface area (Å²) in [5, 5.41) is 2.65. The van der Waals surface area contributed by atoms with Crippen molar-refractivity contribution in [3.63, 3.8) is 0 Å². The molecule has 18 heavy (non-hydrogen) atoms. The van der Waals surface area contributed by atoms with Crippen LogP contribution >= 0.6 is 0 Å². The van der Waals surface area contributed by atoms with Crippen molar-refractivity contribution in [3.8, 4) is 0 Å². The van der Waals surface area contributed by atoms with Crippen LogP contribution < -0.4 is 5.32 Å². The van der Waals surface area contributed by atoms with Crippen molar-refractivity contribution in [3.05, 3.63) is 0 Å². The quantitative estimate of drug-likeness (QED) is 0.685. The molecule has 2 heterocycles. The van der Waals surface area contributed by atoms with Gasteiger partial charge in [-0.25, -0.2) is 8.42 Å². The molecule has 2 atom stereocenters. The molecule has 0 radical (unpaired) electrons.